The van der Waals surface area contributed by atoms with Crippen molar-refractivity contribution in [1.29, 1.82) is 0 Å². The van der Waals surface area contributed by atoms with E-state index in [1.807, 2.05) is 27.8 Å². The number of amides is 2. The molecule has 3 heterocycles. The number of hydrogen-bond donors (Lipinski definition) is 1. The second-order valence-electron chi connectivity index (χ2n) is 7.32. The van der Waals surface area contributed by atoms with Gasteiger partial charge in [0.2, 0.25) is 0 Å². The van der Waals surface area contributed by atoms with Crippen LogP contribution in [0.2, 0.25) is 0 Å². The topological polar surface area (TPSA) is 66.3 Å². The smallest absolute Gasteiger partial charge is 0.317 e. The monoisotopic (exact) mass is 390 g/mol. The molecule has 1 fully saturated rings. The van der Waals surface area contributed by atoms with Crippen LogP contribution < -0.4 is 10.2 Å². The van der Waals surface area contributed by atoms with Crippen LogP contribution in [-0.2, 0) is 6.54 Å². The van der Waals surface area contributed by atoms with E-state index in [4.69, 9.17) is 0 Å². The predicted molar refractivity (Wildman–Crippen MR) is 113 cm³/mol. The summed E-state index contributed by atoms with van der Waals surface area (Å²) in [5, 5.41) is 3.02. The highest BCUT2D eigenvalue weighted by atomic mass is 16.2. The molecule has 7 heteroatoms. The average Bonchev–Trinajstić information content (AvgIpc) is 3.18. The van der Waals surface area contributed by atoms with Crippen molar-refractivity contribution in [3.8, 4) is 5.82 Å². The minimum Gasteiger partial charge on any atom is -0.370 e. The number of aromatic nitrogens is 3. The molecule has 1 aromatic carbocycles. The molecule has 0 radical (unpaired) electrons. The van der Waals surface area contributed by atoms with E-state index in [-0.39, 0.29) is 6.03 Å². The maximum atomic E-state index is 12.6. The first-order chi connectivity index (χ1) is 14.2. The van der Waals surface area contributed by atoms with Crippen LogP contribution in [0.3, 0.4) is 0 Å². The fraction of sp³-hybridized carbons (Fsp3) is 0.318. The minimum atomic E-state index is -0.0190. The lowest BCUT2D eigenvalue weighted by Crippen LogP contribution is -2.41. The van der Waals surface area contributed by atoms with Gasteiger partial charge in [0, 0.05) is 57.0 Å². The molecule has 1 aliphatic heterocycles. The Balaban J connectivity index is 1.29. The molecule has 0 saturated carbocycles. The van der Waals surface area contributed by atoms with Gasteiger partial charge in [0.1, 0.15) is 12.1 Å². The number of urea groups is 1. The number of anilines is 1. The maximum Gasteiger partial charge on any atom is 0.317 e. The van der Waals surface area contributed by atoms with E-state index in [0.29, 0.717) is 6.54 Å². The summed E-state index contributed by atoms with van der Waals surface area (Å²) in [4.78, 5) is 25.3. The Kier molecular flexibility index (Phi) is 5.74. The predicted octanol–water partition coefficient (Wildman–Crippen LogP) is 3.00. The average molecular weight is 390 g/mol. The second kappa shape index (κ2) is 8.77. The molecule has 2 amide bonds. The first-order valence-electron chi connectivity index (χ1n) is 9.97. The van der Waals surface area contributed by atoms with Gasteiger partial charge in [0.25, 0.3) is 0 Å². The molecule has 1 saturated heterocycles. The highest BCUT2D eigenvalue weighted by Crippen LogP contribution is 2.17. The number of aryl methyl sites for hydroxylation is 1. The lowest BCUT2D eigenvalue weighted by molar-refractivity contribution is 0.201. The number of nitrogens with one attached hydrogen (secondary N) is 1. The molecule has 0 aliphatic carbocycles. The third kappa shape index (κ3) is 4.74. The zero-order chi connectivity index (χ0) is 20.1. The van der Waals surface area contributed by atoms with E-state index in [0.717, 1.165) is 44.0 Å². The third-order valence-electron chi connectivity index (χ3n) is 5.20. The normalized spacial score (nSPS) is 14.5. The highest BCUT2D eigenvalue weighted by molar-refractivity contribution is 5.74. The van der Waals surface area contributed by atoms with E-state index in [1.165, 1.54) is 11.3 Å². The fourth-order valence-electron chi connectivity index (χ4n) is 3.49. The van der Waals surface area contributed by atoms with Crippen molar-refractivity contribution in [2.24, 2.45) is 0 Å². The first kappa shape index (κ1) is 19.0. The van der Waals surface area contributed by atoms with Crippen molar-refractivity contribution in [3.63, 3.8) is 0 Å². The van der Waals surface area contributed by atoms with E-state index in [9.17, 15) is 4.79 Å². The van der Waals surface area contributed by atoms with E-state index in [2.05, 4.69) is 51.4 Å². The largest absolute Gasteiger partial charge is 0.370 e. The van der Waals surface area contributed by atoms with Crippen molar-refractivity contribution in [2.45, 2.75) is 19.9 Å². The highest BCUT2D eigenvalue weighted by Gasteiger charge is 2.19. The maximum absolute atomic E-state index is 12.6. The molecule has 7 nitrogen and oxygen atoms in total. The zero-order valence-electron chi connectivity index (χ0n) is 16.7. The Morgan fingerprint density at radius 1 is 1.07 bits per heavy atom. The molecule has 0 bridgehead atoms. The quantitative estimate of drug-likeness (QED) is 0.744. The molecule has 0 atom stereocenters. The molecule has 0 spiro atoms. The lowest BCUT2D eigenvalue weighted by Gasteiger charge is -2.24. The molecular weight excluding hydrogens is 364 g/mol. The number of carbonyl (C=O) groups excluding carboxylic acids is 1. The van der Waals surface area contributed by atoms with Gasteiger partial charge in [-0.2, -0.15) is 0 Å². The number of rotatable bonds is 4. The van der Waals surface area contributed by atoms with Crippen molar-refractivity contribution in [2.75, 3.05) is 31.1 Å². The van der Waals surface area contributed by atoms with Gasteiger partial charge >= 0.3 is 6.03 Å². The summed E-state index contributed by atoms with van der Waals surface area (Å²) in [7, 11) is 0. The molecule has 1 N–H and O–H groups in total. The van der Waals surface area contributed by atoms with Crippen LogP contribution in [0.1, 0.15) is 17.5 Å². The van der Waals surface area contributed by atoms with E-state index >= 15 is 0 Å². The minimum absolute atomic E-state index is 0.0190. The van der Waals surface area contributed by atoms with Crippen LogP contribution in [0, 0.1) is 6.92 Å². The summed E-state index contributed by atoms with van der Waals surface area (Å²) in [6, 6.07) is 12.5. The van der Waals surface area contributed by atoms with Crippen LogP contribution in [0.15, 0.2) is 61.3 Å². The summed E-state index contributed by atoms with van der Waals surface area (Å²) >= 11 is 0. The molecular formula is C22H26N6O. The van der Waals surface area contributed by atoms with Crippen molar-refractivity contribution in [3.05, 3.63) is 72.4 Å². The van der Waals surface area contributed by atoms with Crippen molar-refractivity contribution in [1.82, 2.24) is 24.8 Å². The Hall–Kier alpha value is -3.35. The Morgan fingerprint density at radius 3 is 2.66 bits per heavy atom. The molecule has 4 rings (SSSR count). The summed E-state index contributed by atoms with van der Waals surface area (Å²) in [5.41, 5.74) is 3.46. The van der Waals surface area contributed by atoms with Crippen molar-refractivity contribution < 1.29 is 4.79 Å². The summed E-state index contributed by atoms with van der Waals surface area (Å²) < 4.78 is 1.85. The van der Waals surface area contributed by atoms with Crippen LogP contribution >= 0.6 is 0 Å². The molecule has 150 valence electrons. The van der Waals surface area contributed by atoms with Crippen LogP contribution in [0.25, 0.3) is 5.82 Å². The molecule has 0 unspecified atom stereocenters. The standard InChI is InChI=1S/C22H26N6O/c1-18-3-6-20(7-4-18)26-10-2-11-27(14-13-26)22(29)25-16-19-5-8-21(24-15-19)28-12-9-23-17-28/h3-9,12,15,17H,2,10-11,13-14,16H2,1H3,(H,25,29). The summed E-state index contributed by atoms with van der Waals surface area (Å²) in [6.45, 7) is 5.86. The van der Waals surface area contributed by atoms with Crippen LogP contribution in [0.5, 0.6) is 0 Å². The van der Waals surface area contributed by atoms with Crippen LogP contribution in [-0.4, -0.2) is 51.6 Å². The second-order valence-corrected chi connectivity index (χ2v) is 7.32. The van der Waals surface area contributed by atoms with E-state index in [1.54, 1.807) is 18.7 Å². The Bertz CT molecular complexity index is 921. The first-order valence-corrected chi connectivity index (χ1v) is 9.97. The molecule has 29 heavy (non-hydrogen) atoms. The number of pyridine rings is 1. The van der Waals surface area contributed by atoms with E-state index < -0.39 is 0 Å². The molecule has 3 aromatic rings. The lowest BCUT2D eigenvalue weighted by atomic mass is 10.2. The van der Waals surface area contributed by atoms with Gasteiger partial charge in [0.05, 0.1) is 0 Å². The van der Waals surface area contributed by atoms with Gasteiger partial charge in [-0.3, -0.25) is 4.57 Å². The number of carbonyl (C=O) groups is 1. The van der Waals surface area contributed by atoms with Gasteiger partial charge in [-0.1, -0.05) is 23.8 Å². The zero-order valence-corrected chi connectivity index (χ0v) is 16.7. The number of benzene rings is 1. The third-order valence-corrected chi connectivity index (χ3v) is 5.20. The number of nitrogens with zero attached hydrogens (tertiary/aromatic N) is 5. The SMILES string of the molecule is Cc1ccc(N2CCCN(C(=O)NCc3ccc(-n4ccnc4)nc3)CC2)cc1. The van der Waals surface area contributed by atoms with Crippen LogP contribution in [0.4, 0.5) is 10.5 Å². The number of hydrogen-bond acceptors (Lipinski definition) is 4. The molecule has 1 aliphatic rings. The summed E-state index contributed by atoms with van der Waals surface area (Å²) in [5.74, 6) is 0.807. The Morgan fingerprint density at radius 2 is 1.93 bits per heavy atom. The van der Waals surface area contributed by atoms with Gasteiger partial charge < -0.3 is 15.1 Å². The van der Waals surface area contributed by atoms with Gasteiger partial charge in [0.15, 0.2) is 0 Å². The van der Waals surface area contributed by atoms with Gasteiger partial charge in [-0.25, -0.2) is 14.8 Å². The Labute approximate surface area is 171 Å². The molecule has 2 aromatic heterocycles. The summed E-state index contributed by atoms with van der Waals surface area (Å²) in [6.07, 6.45) is 8.03. The van der Waals surface area contributed by atoms with Gasteiger partial charge in [-0.05, 0) is 37.1 Å². The number of imidazole rings is 1. The fourth-order valence-corrected chi connectivity index (χ4v) is 3.49. The van der Waals surface area contributed by atoms with Crippen molar-refractivity contribution >= 4 is 11.7 Å². The van der Waals surface area contributed by atoms with Gasteiger partial charge in [-0.15, -0.1) is 0 Å².